The van der Waals surface area contributed by atoms with Crippen molar-refractivity contribution in [2.75, 3.05) is 6.61 Å². The third-order valence-electron chi connectivity index (χ3n) is 2.06. The molecule has 0 aliphatic rings. The van der Waals surface area contributed by atoms with Crippen molar-refractivity contribution >= 4 is 0 Å². The van der Waals surface area contributed by atoms with Crippen molar-refractivity contribution < 1.29 is 20.1 Å². The van der Waals surface area contributed by atoms with E-state index in [4.69, 9.17) is 15.1 Å². The van der Waals surface area contributed by atoms with Crippen LogP contribution in [0.5, 0.6) is 11.5 Å². The zero-order valence-electron chi connectivity index (χ0n) is 8.79. The van der Waals surface area contributed by atoms with Gasteiger partial charge in [0.2, 0.25) is 0 Å². The SMILES string of the molecule is CCOc1cc(C(O)C(O)C#N)ccc1O. The summed E-state index contributed by atoms with van der Waals surface area (Å²) in [4.78, 5) is 0. The minimum atomic E-state index is -1.50. The van der Waals surface area contributed by atoms with E-state index < -0.39 is 12.2 Å². The molecular formula is C11H13NO4. The van der Waals surface area contributed by atoms with Crippen molar-refractivity contribution in [3.05, 3.63) is 23.8 Å². The van der Waals surface area contributed by atoms with Crippen LogP contribution in [0.3, 0.4) is 0 Å². The van der Waals surface area contributed by atoms with Crippen LogP contribution >= 0.6 is 0 Å². The van der Waals surface area contributed by atoms with E-state index in [2.05, 4.69) is 0 Å². The lowest BCUT2D eigenvalue weighted by molar-refractivity contribution is 0.0526. The van der Waals surface area contributed by atoms with Gasteiger partial charge in [0.25, 0.3) is 0 Å². The summed E-state index contributed by atoms with van der Waals surface area (Å²) in [5.41, 5.74) is 0.315. The number of nitriles is 1. The molecule has 2 atom stereocenters. The largest absolute Gasteiger partial charge is 0.504 e. The van der Waals surface area contributed by atoms with Crippen LogP contribution in [0.25, 0.3) is 0 Å². The van der Waals surface area contributed by atoms with Crippen molar-refractivity contribution in [3.63, 3.8) is 0 Å². The van der Waals surface area contributed by atoms with E-state index in [0.717, 1.165) is 0 Å². The lowest BCUT2D eigenvalue weighted by Gasteiger charge is -2.14. The number of nitrogens with zero attached hydrogens (tertiary/aromatic N) is 1. The molecule has 0 aliphatic heterocycles. The van der Waals surface area contributed by atoms with Crippen LogP contribution in [0.15, 0.2) is 18.2 Å². The van der Waals surface area contributed by atoms with Crippen LogP contribution in [0.4, 0.5) is 0 Å². The van der Waals surface area contributed by atoms with E-state index in [1.165, 1.54) is 24.3 Å². The van der Waals surface area contributed by atoms with Gasteiger partial charge in [-0.3, -0.25) is 0 Å². The number of hydrogen-bond donors (Lipinski definition) is 3. The first-order valence-corrected chi connectivity index (χ1v) is 4.81. The maximum atomic E-state index is 9.56. The van der Waals surface area contributed by atoms with E-state index >= 15 is 0 Å². The molecule has 0 amide bonds. The van der Waals surface area contributed by atoms with Crippen molar-refractivity contribution in [1.82, 2.24) is 0 Å². The van der Waals surface area contributed by atoms with Crippen molar-refractivity contribution in [3.8, 4) is 17.6 Å². The van der Waals surface area contributed by atoms with Crippen LogP contribution in [-0.4, -0.2) is 28.0 Å². The van der Waals surface area contributed by atoms with Crippen LogP contribution in [-0.2, 0) is 0 Å². The topological polar surface area (TPSA) is 93.7 Å². The second-order valence-electron chi connectivity index (χ2n) is 3.18. The second kappa shape index (κ2) is 5.35. The van der Waals surface area contributed by atoms with Crippen molar-refractivity contribution in [1.29, 1.82) is 5.26 Å². The van der Waals surface area contributed by atoms with Gasteiger partial charge < -0.3 is 20.1 Å². The Bertz CT molecular complexity index is 399. The molecule has 1 aromatic rings. The summed E-state index contributed by atoms with van der Waals surface area (Å²) >= 11 is 0. The number of rotatable bonds is 4. The molecule has 16 heavy (non-hydrogen) atoms. The third kappa shape index (κ3) is 2.63. The number of benzene rings is 1. The Labute approximate surface area is 93.1 Å². The summed E-state index contributed by atoms with van der Waals surface area (Å²) in [6.07, 6.45) is -2.82. The van der Waals surface area contributed by atoms with Gasteiger partial charge in [0.05, 0.1) is 12.7 Å². The quantitative estimate of drug-likeness (QED) is 0.653. The first kappa shape index (κ1) is 12.3. The Hall–Kier alpha value is -1.77. The zero-order chi connectivity index (χ0) is 12.1. The van der Waals surface area contributed by atoms with Crippen LogP contribution in [0.2, 0.25) is 0 Å². The minimum Gasteiger partial charge on any atom is -0.504 e. The van der Waals surface area contributed by atoms with E-state index in [9.17, 15) is 10.2 Å². The Balaban J connectivity index is 2.98. The van der Waals surface area contributed by atoms with Crippen molar-refractivity contribution in [2.45, 2.75) is 19.1 Å². The van der Waals surface area contributed by atoms with Gasteiger partial charge in [0.15, 0.2) is 17.6 Å². The summed E-state index contributed by atoms with van der Waals surface area (Å²) in [5.74, 6) is 0.161. The first-order chi connectivity index (χ1) is 7.60. The highest BCUT2D eigenvalue weighted by molar-refractivity contribution is 5.42. The minimum absolute atomic E-state index is 0.0516. The van der Waals surface area contributed by atoms with Gasteiger partial charge in [-0.2, -0.15) is 5.26 Å². The van der Waals surface area contributed by atoms with Crippen molar-refractivity contribution in [2.24, 2.45) is 0 Å². The average Bonchev–Trinajstić information content (AvgIpc) is 2.30. The molecule has 2 unspecified atom stereocenters. The predicted octanol–water partition coefficient (Wildman–Crippen LogP) is 0.709. The fourth-order valence-electron chi connectivity index (χ4n) is 1.24. The molecule has 0 spiro atoms. The van der Waals surface area contributed by atoms with Gasteiger partial charge in [-0.1, -0.05) is 6.07 Å². The monoisotopic (exact) mass is 223 g/mol. The van der Waals surface area contributed by atoms with E-state index in [1.807, 2.05) is 0 Å². The number of aromatic hydroxyl groups is 1. The zero-order valence-corrected chi connectivity index (χ0v) is 8.79. The van der Waals surface area contributed by atoms with Crippen LogP contribution in [0, 0.1) is 11.3 Å². The molecule has 0 bridgehead atoms. The maximum Gasteiger partial charge on any atom is 0.170 e. The standard InChI is InChI=1S/C11H13NO4/c1-2-16-10-5-7(3-4-8(10)13)11(15)9(14)6-12/h3-5,9,11,13-15H,2H2,1H3. The molecule has 3 N–H and O–H groups in total. The normalized spacial score (nSPS) is 13.9. The van der Waals surface area contributed by atoms with Gasteiger partial charge in [-0.05, 0) is 24.6 Å². The number of phenolic OH excluding ortho intramolecular Hbond substituents is 1. The van der Waals surface area contributed by atoms with E-state index in [0.29, 0.717) is 12.2 Å². The summed E-state index contributed by atoms with van der Waals surface area (Å²) < 4.78 is 5.12. The van der Waals surface area contributed by atoms with Gasteiger partial charge >= 0.3 is 0 Å². The molecule has 1 rings (SSSR count). The Morgan fingerprint density at radius 1 is 1.44 bits per heavy atom. The predicted molar refractivity (Wildman–Crippen MR) is 55.9 cm³/mol. The summed E-state index contributed by atoms with van der Waals surface area (Å²) in [7, 11) is 0. The lowest BCUT2D eigenvalue weighted by Crippen LogP contribution is -2.15. The fourth-order valence-corrected chi connectivity index (χ4v) is 1.24. The van der Waals surface area contributed by atoms with Gasteiger partial charge in [0.1, 0.15) is 6.10 Å². The van der Waals surface area contributed by atoms with Gasteiger partial charge in [-0.25, -0.2) is 0 Å². The molecule has 86 valence electrons. The highest BCUT2D eigenvalue weighted by atomic mass is 16.5. The Morgan fingerprint density at radius 2 is 2.12 bits per heavy atom. The van der Waals surface area contributed by atoms with Crippen LogP contribution < -0.4 is 4.74 Å². The average molecular weight is 223 g/mol. The van der Waals surface area contributed by atoms with E-state index in [-0.39, 0.29) is 11.5 Å². The number of aliphatic hydroxyl groups excluding tert-OH is 2. The molecule has 0 aromatic heterocycles. The highest BCUT2D eigenvalue weighted by Gasteiger charge is 2.19. The van der Waals surface area contributed by atoms with Crippen LogP contribution in [0.1, 0.15) is 18.6 Å². The molecule has 0 heterocycles. The molecule has 5 nitrogen and oxygen atoms in total. The molecule has 0 saturated heterocycles. The Morgan fingerprint density at radius 3 is 2.69 bits per heavy atom. The molecular weight excluding hydrogens is 210 g/mol. The number of aliphatic hydroxyl groups is 2. The summed E-state index contributed by atoms with van der Waals surface area (Å²) in [6.45, 7) is 2.13. The highest BCUT2D eigenvalue weighted by Crippen LogP contribution is 2.30. The third-order valence-corrected chi connectivity index (χ3v) is 2.06. The van der Waals surface area contributed by atoms with Gasteiger partial charge in [-0.15, -0.1) is 0 Å². The molecule has 0 fully saturated rings. The molecule has 0 aliphatic carbocycles. The number of ether oxygens (including phenoxy) is 1. The smallest absolute Gasteiger partial charge is 0.170 e. The first-order valence-electron chi connectivity index (χ1n) is 4.81. The number of hydrogen-bond acceptors (Lipinski definition) is 5. The molecule has 1 aromatic carbocycles. The summed E-state index contributed by atoms with van der Waals surface area (Å²) in [5, 5.41) is 36.6. The molecule has 0 saturated carbocycles. The molecule has 5 heteroatoms. The van der Waals surface area contributed by atoms with Gasteiger partial charge in [0, 0.05) is 0 Å². The molecule has 0 radical (unpaired) electrons. The maximum absolute atomic E-state index is 9.56. The summed E-state index contributed by atoms with van der Waals surface area (Å²) in [6, 6.07) is 5.69. The second-order valence-corrected chi connectivity index (χ2v) is 3.18. The Kier molecular flexibility index (Phi) is 4.11. The van der Waals surface area contributed by atoms with E-state index in [1.54, 1.807) is 6.92 Å². The lowest BCUT2D eigenvalue weighted by atomic mass is 10.0. The fraction of sp³-hybridized carbons (Fsp3) is 0.364. The number of phenols is 1.